The number of benzene rings is 1. The summed E-state index contributed by atoms with van der Waals surface area (Å²) in [4.78, 5) is 40.5. The molecule has 132 valence electrons. The summed E-state index contributed by atoms with van der Waals surface area (Å²) < 4.78 is 0. The van der Waals surface area contributed by atoms with Crippen molar-refractivity contribution >= 4 is 35.0 Å². The van der Waals surface area contributed by atoms with E-state index in [9.17, 15) is 14.4 Å². The molecule has 4 rings (SSSR count). The van der Waals surface area contributed by atoms with Gasteiger partial charge in [0.15, 0.2) is 0 Å². The van der Waals surface area contributed by atoms with Crippen molar-refractivity contribution in [2.75, 3.05) is 5.32 Å². The lowest BCUT2D eigenvalue weighted by atomic mass is 9.76. The van der Waals surface area contributed by atoms with E-state index in [0.717, 1.165) is 0 Å². The number of hydrogen-bond acceptors (Lipinski definition) is 4. The zero-order chi connectivity index (χ0) is 18.1. The van der Waals surface area contributed by atoms with Crippen LogP contribution in [0.5, 0.6) is 0 Å². The molecule has 1 aromatic rings. The van der Waals surface area contributed by atoms with Crippen molar-refractivity contribution in [1.29, 1.82) is 0 Å². The van der Waals surface area contributed by atoms with Crippen LogP contribution in [0.3, 0.4) is 0 Å². The highest BCUT2D eigenvalue weighted by molar-refractivity contribution is 6.35. The lowest BCUT2D eigenvalue weighted by Crippen LogP contribution is -2.53. The van der Waals surface area contributed by atoms with Crippen molar-refractivity contribution in [3.05, 3.63) is 28.8 Å². The van der Waals surface area contributed by atoms with Crippen LogP contribution in [-0.2, 0) is 19.9 Å². The summed E-state index contributed by atoms with van der Waals surface area (Å²) in [6, 6.07) is 4.79. The van der Waals surface area contributed by atoms with Gasteiger partial charge < -0.3 is 5.32 Å². The molecule has 2 saturated heterocycles. The maximum absolute atomic E-state index is 13.2. The lowest BCUT2D eigenvalue weighted by Gasteiger charge is -2.30. The number of hydrogen-bond donors (Lipinski definition) is 2. The van der Waals surface area contributed by atoms with Gasteiger partial charge in [0.05, 0.1) is 22.5 Å². The van der Waals surface area contributed by atoms with E-state index >= 15 is 0 Å². The number of likely N-dealkylation sites (tertiary alicyclic amines) is 1. The van der Waals surface area contributed by atoms with Crippen molar-refractivity contribution in [3.63, 3.8) is 0 Å². The second-order valence-corrected chi connectivity index (χ2v) is 7.57. The fourth-order valence-corrected chi connectivity index (χ4v) is 4.82. The van der Waals surface area contributed by atoms with Crippen LogP contribution in [-0.4, -0.2) is 34.7 Å². The van der Waals surface area contributed by atoms with Crippen LogP contribution >= 0.6 is 11.6 Å². The van der Waals surface area contributed by atoms with Crippen LogP contribution in [0.1, 0.15) is 32.8 Å². The molecule has 0 aliphatic carbocycles. The first-order valence-corrected chi connectivity index (χ1v) is 8.97. The van der Waals surface area contributed by atoms with Gasteiger partial charge in [0.2, 0.25) is 17.7 Å². The molecule has 7 heteroatoms. The SMILES string of the molecule is CC[C@H](C)N1C(=O)[C@@H]2[C@H](C)N[C@]3(C(=O)Nc4c(Cl)cccc43)[C@@H]2C1=O. The number of imide groups is 1. The average molecular weight is 362 g/mol. The van der Waals surface area contributed by atoms with Crippen LogP contribution in [0.15, 0.2) is 18.2 Å². The van der Waals surface area contributed by atoms with Crippen LogP contribution in [0.4, 0.5) is 5.69 Å². The third kappa shape index (κ3) is 1.87. The molecular weight excluding hydrogens is 342 g/mol. The molecule has 2 N–H and O–H groups in total. The fourth-order valence-electron chi connectivity index (χ4n) is 4.59. The van der Waals surface area contributed by atoms with E-state index in [-0.39, 0.29) is 29.8 Å². The Bertz CT molecular complexity index is 811. The summed E-state index contributed by atoms with van der Waals surface area (Å²) in [5.41, 5.74) is -0.0625. The standard InChI is InChI=1S/C18H20ClN3O3/c1-4-8(2)22-15(23)12-9(3)21-18(13(12)16(22)24)10-6-5-7-11(19)14(10)20-17(18)25/h5-9,12-13,21H,4H2,1-3H3,(H,20,25)/t8-,9-,12+,13-,18-/m0/s1. The molecule has 2 fully saturated rings. The largest absolute Gasteiger partial charge is 0.323 e. The second kappa shape index (κ2) is 5.29. The molecule has 5 atom stereocenters. The molecular formula is C18H20ClN3O3. The first-order chi connectivity index (χ1) is 11.8. The van der Waals surface area contributed by atoms with Crippen molar-refractivity contribution in [2.24, 2.45) is 11.8 Å². The molecule has 6 nitrogen and oxygen atoms in total. The monoisotopic (exact) mass is 361 g/mol. The van der Waals surface area contributed by atoms with Crippen LogP contribution in [0, 0.1) is 11.8 Å². The van der Waals surface area contributed by atoms with Crippen molar-refractivity contribution in [1.82, 2.24) is 10.2 Å². The van der Waals surface area contributed by atoms with Crippen LogP contribution in [0.2, 0.25) is 5.02 Å². The molecule has 25 heavy (non-hydrogen) atoms. The van der Waals surface area contributed by atoms with Gasteiger partial charge in [-0.25, -0.2) is 0 Å². The van der Waals surface area contributed by atoms with Crippen LogP contribution in [0.25, 0.3) is 0 Å². The molecule has 3 amide bonds. The van der Waals surface area contributed by atoms with Gasteiger partial charge in [-0.15, -0.1) is 0 Å². The number of fused-ring (bicyclic) bond motifs is 4. The number of carbonyl (C=O) groups is 3. The van der Waals surface area contributed by atoms with Gasteiger partial charge in [0.1, 0.15) is 5.54 Å². The van der Waals surface area contributed by atoms with Gasteiger partial charge in [-0.1, -0.05) is 30.7 Å². The molecule has 0 aromatic heterocycles. The highest BCUT2D eigenvalue weighted by Crippen LogP contribution is 2.54. The summed E-state index contributed by atoms with van der Waals surface area (Å²) in [5, 5.41) is 6.50. The Morgan fingerprint density at radius 2 is 2.00 bits per heavy atom. The molecule has 0 bridgehead atoms. The van der Waals surface area contributed by atoms with Crippen LogP contribution < -0.4 is 10.6 Å². The van der Waals surface area contributed by atoms with E-state index in [0.29, 0.717) is 22.7 Å². The average Bonchev–Trinajstić information content (AvgIpc) is 3.13. The molecule has 0 radical (unpaired) electrons. The maximum Gasteiger partial charge on any atom is 0.250 e. The van der Waals surface area contributed by atoms with E-state index in [1.165, 1.54) is 4.90 Å². The summed E-state index contributed by atoms with van der Waals surface area (Å²) in [7, 11) is 0. The van der Waals surface area contributed by atoms with Gasteiger partial charge in [-0.2, -0.15) is 0 Å². The zero-order valence-corrected chi connectivity index (χ0v) is 15.1. The van der Waals surface area contributed by atoms with Gasteiger partial charge in [0, 0.05) is 17.6 Å². The van der Waals surface area contributed by atoms with E-state index in [2.05, 4.69) is 10.6 Å². The second-order valence-electron chi connectivity index (χ2n) is 7.16. The van der Waals surface area contributed by atoms with E-state index < -0.39 is 17.4 Å². The Morgan fingerprint density at radius 1 is 1.28 bits per heavy atom. The van der Waals surface area contributed by atoms with E-state index in [1.807, 2.05) is 20.8 Å². The van der Waals surface area contributed by atoms with Gasteiger partial charge in [0.25, 0.3) is 0 Å². The molecule has 0 unspecified atom stereocenters. The first kappa shape index (κ1) is 16.5. The molecule has 0 saturated carbocycles. The highest BCUT2D eigenvalue weighted by atomic mass is 35.5. The van der Waals surface area contributed by atoms with E-state index in [4.69, 9.17) is 11.6 Å². The Balaban J connectivity index is 1.89. The number of amides is 3. The minimum Gasteiger partial charge on any atom is -0.323 e. The Labute approximate surface area is 150 Å². The van der Waals surface area contributed by atoms with Gasteiger partial charge in [-0.05, 0) is 26.3 Å². The molecule has 1 aromatic carbocycles. The minimum atomic E-state index is -1.24. The normalized spacial score (nSPS) is 34.5. The maximum atomic E-state index is 13.2. The third-order valence-electron chi connectivity index (χ3n) is 5.91. The molecule has 3 heterocycles. The fraction of sp³-hybridized carbons (Fsp3) is 0.500. The van der Waals surface area contributed by atoms with E-state index in [1.54, 1.807) is 18.2 Å². The molecule has 1 spiro atoms. The minimum absolute atomic E-state index is 0.182. The number of anilines is 1. The first-order valence-electron chi connectivity index (χ1n) is 8.59. The zero-order valence-electron chi connectivity index (χ0n) is 14.3. The summed E-state index contributed by atoms with van der Waals surface area (Å²) >= 11 is 6.24. The van der Waals surface area contributed by atoms with Crippen molar-refractivity contribution in [3.8, 4) is 0 Å². The summed E-state index contributed by atoms with van der Waals surface area (Å²) in [6.45, 7) is 5.66. The number of nitrogens with one attached hydrogen (secondary N) is 2. The Hall–Kier alpha value is -1.92. The van der Waals surface area contributed by atoms with Gasteiger partial charge >= 0.3 is 0 Å². The smallest absolute Gasteiger partial charge is 0.250 e. The topological polar surface area (TPSA) is 78.5 Å². The quantitative estimate of drug-likeness (QED) is 0.788. The number of nitrogens with zero attached hydrogens (tertiary/aromatic N) is 1. The van der Waals surface area contributed by atoms with Crippen molar-refractivity contribution < 1.29 is 14.4 Å². The number of carbonyl (C=O) groups excluding carboxylic acids is 3. The lowest BCUT2D eigenvalue weighted by molar-refractivity contribution is -0.145. The third-order valence-corrected chi connectivity index (χ3v) is 6.23. The van der Waals surface area contributed by atoms with Gasteiger partial charge in [-0.3, -0.25) is 24.6 Å². The predicted molar refractivity (Wildman–Crippen MR) is 92.9 cm³/mol. The number of para-hydroxylation sites is 1. The highest BCUT2D eigenvalue weighted by Gasteiger charge is 2.70. The Kier molecular flexibility index (Phi) is 3.50. The summed E-state index contributed by atoms with van der Waals surface area (Å²) in [5.74, 6) is -2.07. The number of rotatable bonds is 2. The predicted octanol–water partition coefficient (Wildman–Crippen LogP) is 1.88. The molecule has 3 aliphatic heterocycles. The summed E-state index contributed by atoms with van der Waals surface area (Å²) in [6.07, 6.45) is 0.681. The molecule has 3 aliphatic rings. The Morgan fingerprint density at radius 3 is 2.68 bits per heavy atom. The van der Waals surface area contributed by atoms with Crippen molar-refractivity contribution in [2.45, 2.75) is 44.8 Å². The number of halogens is 1.